The van der Waals surface area contributed by atoms with Gasteiger partial charge in [-0.1, -0.05) is 54.7 Å². The summed E-state index contributed by atoms with van der Waals surface area (Å²) in [5.74, 6) is -6.64. The van der Waals surface area contributed by atoms with Crippen LogP contribution >= 0.6 is 72.2 Å². The average Bonchev–Trinajstić information content (AvgIpc) is 1.56. The number of hydrogen-bond acceptors (Lipinski definition) is 31. The second kappa shape index (κ2) is 43.9. The Hall–Kier alpha value is -3.40. The molecule has 0 aliphatic heterocycles. The van der Waals surface area contributed by atoms with Crippen molar-refractivity contribution in [2.24, 2.45) is 0 Å². The lowest BCUT2D eigenvalue weighted by Gasteiger charge is -2.31. The van der Waals surface area contributed by atoms with Crippen molar-refractivity contribution in [1.82, 2.24) is 0 Å². The van der Waals surface area contributed by atoms with Crippen LogP contribution in [-0.2, 0) is 135 Å². The van der Waals surface area contributed by atoms with Gasteiger partial charge in [0.25, 0.3) is 0 Å². The third-order valence-electron chi connectivity index (χ3n) is 15.3. The van der Waals surface area contributed by atoms with Crippen LogP contribution in [0.4, 0.5) is 0 Å². The van der Waals surface area contributed by atoms with E-state index in [4.69, 9.17) is 28.4 Å². The number of ether oxygens (including phenoxy) is 10. The quantitative estimate of drug-likeness (QED) is 0.0415. The molecule has 1 N–H and O–H groups in total. The number of aliphatic hydroxyl groups excluding tert-OH is 1. The van der Waals surface area contributed by atoms with Crippen LogP contribution in [-0.4, -0.2) is 237 Å². The number of methoxy groups -OCH3 is 4. The van der Waals surface area contributed by atoms with Crippen LogP contribution in [0.1, 0.15) is 260 Å². The van der Waals surface area contributed by atoms with Gasteiger partial charge >= 0.3 is 59.7 Å². The van der Waals surface area contributed by atoms with Crippen molar-refractivity contribution >= 4 is 171 Å². The molecule has 38 heteroatoms. The van der Waals surface area contributed by atoms with E-state index in [0.717, 1.165) is 24.9 Å². The van der Waals surface area contributed by atoms with Crippen molar-refractivity contribution in [2.75, 3.05) is 63.0 Å². The van der Waals surface area contributed by atoms with Gasteiger partial charge in [-0.3, -0.25) is 47.9 Å². The van der Waals surface area contributed by atoms with Crippen molar-refractivity contribution in [3.8, 4) is 0 Å². The van der Waals surface area contributed by atoms with E-state index in [9.17, 15) is 86.7 Å². The van der Waals surface area contributed by atoms with Crippen LogP contribution < -0.4 is 0 Å². The van der Waals surface area contributed by atoms with Crippen molar-refractivity contribution in [2.45, 2.75) is 335 Å². The van der Waals surface area contributed by atoms with Gasteiger partial charge in [0.1, 0.15) is 48.4 Å². The van der Waals surface area contributed by atoms with Gasteiger partial charge in [-0.25, -0.2) is 33.7 Å². The normalized spacial score (nSPS) is 15.4. The molecule has 0 aromatic rings. The van der Waals surface area contributed by atoms with E-state index < -0.39 is 163 Å². The van der Waals surface area contributed by atoms with E-state index in [1.807, 2.05) is 48.5 Å². The number of thiol groups is 1. The molecular formula is C73H133Br3O29S6. The summed E-state index contributed by atoms with van der Waals surface area (Å²) in [6.45, 7) is 50.0. The average molecular weight is 1910 g/mol. The van der Waals surface area contributed by atoms with Gasteiger partial charge in [0.05, 0.1) is 56.0 Å². The lowest BCUT2D eigenvalue weighted by atomic mass is 10.1. The number of alkyl halides is 3. The Kier molecular flexibility index (Phi) is 45.9. The van der Waals surface area contributed by atoms with Crippen molar-refractivity contribution in [3.63, 3.8) is 0 Å². The smallest absolute Gasteiger partial charge is 0.327 e. The number of hydrogen-bond donors (Lipinski definition) is 2. The molecule has 29 nitrogen and oxygen atoms in total. The molecule has 0 radical (unpaired) electrons. The standard InChI is InChI=1S/C13H22O6S.C13H24O4S.C12H22O5S.C11H20O6S.C11H20O4S.C8H15BrO2.C3H6O2S.C2H4Br2/c1-11(2,3)19-9(14)12(4,5)20(16,17)13(7-8-13)10(15)18-6;1-7-13(8-9-13)18(15,16)12(5,6)10(14)17-11(2,3)4;1-10(2,3)17-9(14)11(4,5)18(15,16)12(8-13)6-7-12;1-10(2,3)17-9(13)11(4,5)18(14,15)7-8(12)16-6;1-10(2,3)15-9(13)11(4,5)16-7-8(12)14-6;1-7(2,3)11-6(10)8(4,5)9;1-5-3(4)2-6;3-1-2-4/h7-8H2,1-6H3;7-9H2,1-6H3;13H,6-8H2,1-5H3;7H2,1-6H3;7H2,1-6H3;1-5H3;6H,2H2,1H3;1-2H2. The third-order valence-corrected chi connectivity index (χ3v) is 31.0. The first kappa shape index (κ1) is 116. The molecule has 3 aliphatic rings. The van der Waals surface area contributed by atoms with Crippen LogP contribution in [0.25, 0.3) is 0 Å². The molecule has 0 aromatic carbocycles. The Balaban J connectivity index is -0.000000397. The monoisotopic (exact) mass is 1900 g/mol. The number of carbonyl (C=O) groups is 10. The zero-order valence-corrected chi connectivity index (χ0v) is 81.9. The lowest BCUT2D eigenvalue weighted by molar-refractivity contribution is -0.158. The van der Waals surface area contributed by atoms with Gasteiger partial charge in [-0.15, -0.1) is 11.8 Å². The van der Waals surface area contributed by atoms with Crippen LogP contribution in [0.5, 0.6) is 0 Å². The number of thioether (sulfide) groups is 1. The van der Waals surface area contributed by atoms with E-state index in [0.29, 0.717) is 32.1 Å². The summed E-state index contributed by atoms with van der Waals surface area (Å²) in [4.78, 5) is 115. The van der Waals surface area contributed by atoms with Crippen LogP contribution in [0.2, 0.25) is 0 Å². The zero-order valence-electron chi connectivity index (χ0n) is 72.2. The van der Waals surface area contributed by atoms with Crippen molar-refractivity contribution in [1.29, 1.82) is 0 Å². The van der Waals surface area contributed by atoms with Gasteiger partial charge in [-0.2, -0.15) is 12.6 Å². The van der Waals surface area contributed by atoms with E-state index in [1.54, 1.807) is 111 Å². The second-order valence-corrected chi connectivity index (χ2v) is 51.3. The van der Waals surface area contributed by atoms with Gasteiger partial charge in [-0.05, 0) is 253 Å². The van der Waals surface area contributed by atoms with Crippen LogP contribution in [0.3, 0.4) is 0 Å². The SMILES string of the molecule is BrCCBr.CC(C)(C)OC(=O)C(C)(C)Br.CC(C)(C)OC(=O)C(C)(C)S(=O)(=O)C1(CO)CC1.CCC1(S(=O)(=O)C(C)(C)C(=O)OC(C)(C)C)CC1.COC(=O)C1(S(=O)(=O)C(C)(C)C(=O)OC(C)(C)C)CC1.COC(=O)CS.COC(=O)CS(=O)(=O)C(C)(C)C(=O)OC(C)(C)C.COC(=O)CSC(C)(C)C(=O)OC(C)(C)C. The Bertz CT molecular complexity index is 3480. The first-order chi connectivity index (χ1) is 48.9. The summed E-state index contributed by atoms with van der Waals surface area (Å²) >= 11 is 14.5. The van der Waals surface area contributed by atoms with Gasteiger partial charge < -0.3 is 52.5 Å². The Morgan fingerprint density at radius 1 is 0.387 bits per heavy atom. The fourth-order valence-electron chi connectivity index (χ4n) is 7.73. The Labute approximate surface area is 698 Å². The molecule has 0 bridgehead atoms. The predicted molar refractivity (Wildman–Crippen MR) is 444 cm³/mol. The van der Waals surface area contributed by atoms with E-state index in [1.165, 1.54) is 81.4 Å². The fourth-order valence-corrected chi connectivity index (χ4v) is 16.5. The number of sulfone groups is 4. The Morgan fingerprint density at radius 3 is 0.865 bits per heavy atom. The molecular weight excluding hydrogens is 1770 g/mol. The molecule has 3 aliphatic carbocycles. The lowest BCUT2D eigenvalue weighted by Crippen LogP contribution is -2.52. The number of halogens is 3. The highest BCUT2D eigenvalue weighted by molar-refractivity contribution is 9.12. The summed E-state index contributed by atoms with van der Waals surface area (Å²) < 4.78 is 136. The molecule has 0 amide bonds. The molecule has 3 rings (SSSR count). The molecule has 656 valence electrons. The summed E-state index contributed by atoms with van der Waals surface area (Å²) in [5, 5.41) is 11.3. The van der Waals surface area contributed by atoms with E-state index >= 15 is 0 Å². The maximum Gasteiger partial charge on any atom is 0.327 e. The molecule has 0 spiro atoms. The van der Waals surface area contributed by atoms with Crippen LogP contribution in [0.15, 0.2) is 0 Å². The maximum absolute atomic E-state index is 12.7. The van der Waals surface area contributed by atoms with Crippen molar-refractivity contribution in [3.05, 3.63) is 0 Å². The van der Waals surface area contributed by atoms with E-state index in [2.05, 4.69) is 79.4 Å². The second-order valence-electron chi connectivity index (χ2n) is 34.7. The summed E-state index contributed by atoms with van der Waals surface area (Å²) in [6, 6.07) is 0. The van der Waals surface area contributed by atoms with Gasteiger partial charge in [0.15, 0.2) is 63.1 Å². The first-order valence-corrected chi connectivity index (χ1v) is 45.9. The highest BCUT2D eigenvalue weighted by Crippen LogP contribution is 2.52. The summed E-state index contributed by atoms with van der Waals surface area (Å²) in [5.41, 5.74) is -3.92. The molecule has 111 heavy (non-hydrogen) atoms. The van der Waals surface area contributed by atoms with Gasteiger partial charge in [0.2, 0.25) is 0 Å². The summed E-state index contributed by atoms with van der Waals surface area (Å²) in [6.07, 6.45) is 3.01. The first-order valence-electron chi connectivity index (χ1n) is 35.2. The molecule has 3 saturated carbocycles. The fraction of sp³-hybridized carbons (Fsp3) is 0.863. The number of rotatable bonds is 23. The largest absolute Gasteiger partial charge is 0.468 e. The number of aliphatic hydroxyl groups is 1. The minimum absolute atomic E-state index is 0.142. The number of esters is 10. The zero-order chi connectivity index (χ0) is 90.2. The Morgan fingerprint density at radius 2 is 0.658 bits per heavy atom. The maximum atomic E-state index is 12.7. The molecule has 0 aromatic heterocycles. The molecule has 0 saturated heterocycles. The van der Waals surface area contributed by atoms with Crippen LogP contribution in [0, 0.1) is 0 Å². The molecule has 0 unspecified atom stereocenters. The van der Waals surface area contributed by atoms with Crippen molar-refractivity contribution < 1.29 is 134 Å². The molecule has 3 fully saturated rings. The minimum Gasteiger partial charge on any atom is -0.468 e. The number of carbonyl (C=O) groups excluding carboxylic acids is 10. The predicted octanol–water partition coefficient (Wildman–Crippen LogP) is 11.8. The highest BCUT2D eigenvalue weighted by Gasteiger charge is 2.69. The topological polar surface area (TPSA) is 420 Å². The van der Waals surface area contributed by atoms with E-state index in [-0.39, 0.29) is 48.2 Å². The summed E-state index contributed by atoms with van der Waals surface area (Å²) in [7, 11) is -10.5. The third kappa shape index (κ3) is 38.3. The van der Waals surface area contributed by atoms with Gasteiger partial charge in [0, 0.05) is 10.7 Å². The highest BCUT2D eigenvalue weighted by atomic mass is 79.9. The molecule has 0 atom stereocenters. The molecule has 0 heterocycles. The minimum atomic E-state index is -4.06.